The molecule has 0 bridgehead atoms. The van der Waals surface area contributed by atoms with E-state index in [1.54, 1.807) is 12.3 Å². The molecule has 0 spiro atoms. The zero-order valence-corrected chi connectivity index (χ0v) is 12.9. The molecule has 1 heterocycles. The lowest BCUT2D eigenvalue weighted by Crippen LogP contribution is -2.33. The van der Waals surface area contributed by atoms with Crippen molar-refractivity contribution < 1.29 is 9.90 Å². The summed E-state index contributed by atoms with van der Waals surface area (Å²) in [6, 6.07) is 1.90. The molecule has 20 heavy (non-hydrogen) atoms. The quantitative estimate of drug-likeness (QED) is 0.878. The number of aliphatic hydroxyl groups is 1. The highest BCUT2D eigenvalue weighted by Gasteiger charge is 2.27. The van der Waals surface area contributed by atoms with Gasteiger partial charge in [0.2, 0.25) is 0 Å². The molecule has 1 aliphatic carbocycles. The molecule has 4 nitrogen and oxygen atoms in total. The molecule has 5 heteroatoms. The smallest absolute Gasteiger partial charge is 0.267 e. The Morgan fingerprint density at radius 3 is 2.85 bits per heavy atom. The zero-order valence-electron chi connectivity index (χ0n) is 12.1. The van der Waals surface area contributed by atoms with E-state index in [-0.39, 0.29) is 18.6 Å². The van der Waals surface area contributed by atoms with Gasteiger partial charge in [0.15, 0.2) is 0 Å². The number of amides is 1. The standard InChI is InChI=1S/C15H23ClN2O2/c1-10(2)18-8-13(16)6-14(18)15(20)17-7-11-4-3-5-12(11)9-19/h6,8,10-12,19H,3-5,7,9H2,1-2H3,(H,17,20). The van der Waals surface area contributed by atoms with Gasteiger partial charge in [-0.05, 0) is 44.6 Å². The average molecular weight is 299 g/mol. The van der Waals surface area contributed by atoms with Crippen LogP contribution in [0.3, 0.4) is 0 Å². The normalized spacial score (nSPS) is 22.4. The van der Waals surface area contributed by atoms with Gasteiger partial charge in [0.1, 0.15) is 5.69 Å². The van der Waals surface area contributed by atoms with Gasteiger partial charge in [0.25, 0.3) is 5.91 Å². The zero-order chi connectivity index (χ0) is 14.7. The van der Waals surface area contributed by atoms with Crippen molar-refractivity contribution in [2.24, 2.45) is 11.8 Å². The fraction of sp³-hybridized carbons (Fsp3) is 0.667. The van der Waals surface area contributed by atoms with Crippen molar-refractivity contribution in [2.45, 2.75) is 39.2 Å². The van der Waals surface area contributed by atoms with Crippen molar-refractivity contribution in [3.05, 3.63) is 23.0 Å². The summed E-state index contributed by atoms with van der Waals surface area (Å²) >= 11 is 5.99. The van der Waals surface area contributed by atoms with Gasteiger partial charge in [0, 0.05) is 25.4 Å². The van der Waals surface area contributed by atoms with Crippen molar-refractivity contribution in [3.8, 4) is 0 Å². The molecule has 1 saturated carbocycles. The first-order chi connectivity index (χ1) is 9.52. The molecule has 0 saturated heterocycles. The molecule has 2 atom stereocenters. The Morgan fingerprint density at radius 2 is 2.20 bits per heavy atom. The lowest BCUT2D eigenvalue weighted by molar-refractivity contribution is 0.0927. The van der Waals surface area contributed by atoms with Crippen LogP contribution in [0.4, 0.5) is 0 Å². The second kappa shape index (κ2) is 6.64. The van der Waals surface area contributed by atoms with Crippen molar-refractivity contribution in [3.63, 3.8) is 0 Å². The second-order valence-electron chi connectivity index (χ2n) is 5.89. The predicted octanol–water partition coefficient (Wildman–Crippen LogP) is 2.86. The predicted molar refractivity (Wildman–Crippen MR) is 80.1 cm³/mol. The molecule has 1 aromatic rings. The highest BCUT2D eigenvalue weighted by atomic mass is 35.5. The van der Waals surface area contributed by atoms with Crippen molar-refractivity contribution in [1.82, 2.24) is 9.88 Å². The van der Waals surface area contributed by atoms with Crippen LogP contribution in [0.5, 0.6) is 0 Å². The third kappa shape index (κ3) is 3.36. The van der Waals surface area contributed by atoms with Crippen LogP contribution in [0.25, 0.3) is 0 Å². The summed E-state index contributed by atoms with van der Waals surface area (Å²) in [4.78, 5) is 12.3. The maximum absolute atomic E-state index is 12.3. The Bertz CT molecular complexity index is 470. The Hall–Kier alpha value is -1.00. The molecule has 1 amide bonds. The third-order valence-corrected chi connectivity index (χ3v) is 4.39. The lowest BCUT2D eigenvalue weighted by Gasteiger charge is -2.18. The Balaban J connectivity index is 1.98. The summed E-state index contributed by atoms with van der Waals surface area (Å²) in [5.74, 6) is 0.631. The molecule has 0 radical (unpaired) electrons. The minimum Gasteiger partial charge on any atom is -0.396 e. The number of hydrogen-bond acceptors (Lipinski definition) is 2. The number of carbonyl (C=O) groups is 1. The van der Waals surface area contributed by atoms with Crippen molar-refractivity contribution in [2.75, 3.05) is 13.2 Å². The summed E-state index contributed by atoms with van der Waals surface area (Å²) in [5, 5.41) is 12.9. The number of hydrogen-bond donors (Lipinski definition) is 2. The van der Waals surface area contributed by atoms with Crippen LogP contribution in [0, 0.1) is 11.8 Å². The molecule has 2 N–H and O–H groups in total. The van der Waals surface area contributed by atoms with Gasteiger partial charge in [-0.2, -0.15) is 0 Å². The minimum absolute atomic E-state index is 0.0887. The van der Waals surface area contributed by atoms with Gasteiger partial charge in [0.05, 0.1) is 5.02 Å². The first-order valence-corrected chi connectivity index (χ1v) is 7.67. The first-order valence-electron chi connectivity index (χ1n) is 7.29. The van der Waals surface area contributed by atoms with Crippen LogP contribution in [-0.2, 0) is 0 Å². The number of aromatic nitrogens is 1. The number of nitrogens with one attached hydrogen (secondary N) is 1. The highest BCUT2D eigenvalue weighted by molar-refractivity contribution is 6.31. The second-order valence-corrected chi connectivity index (χ2v) is 6.32. The molecule has 1 fully saturated rings. The van der Waals surface area contributed by atoms with E-state index in [1.807, 2.05) is 18.4 Å². The number of aliphatic hydroxyl groups excluding tert-OH is 1. The molecule has 0 aliphatic heterocycles. The highest BCUT2D eigenvalue weighted by Crippen LogP contribution is 2.30. The molecule has 0 aromatic carbocycles. The Labute approximate surface area is 125 Å². The van der Waals surface area contributed by atoms with Crippen LogP contribution in [0.2, 0.25) is 5.02 Å². The van der Waals surface area contributed by atoms with E-state index in [9.17, 15) is 9.90 Å². The summed E-state index contributed by atoms with van der Waals surface area (Å²) < 4.78 is 1.88. The van der Waals surface area contributed by atoms with E-state index in [2.05, 4.69) is 5.32 Å². The van der Waals surface area contributed by atoms with Gasteiger partial charge >= 0.3 is 0 Å². The number of halogens is 1. The van der Waals surface area contributed by atoms with E-state index in [0.29, 0.717) is 29.1 Å². The first kappa shape index (κ1) is 15.4. The topological polar surface area (TPSA) is 54.3 Å². The SMILES string of the molecule is CC(C)n1cc(Cl)cc1C(=O)NCC1CCCC1CO. The van der Waals surface area contributed by atoms with E-state index >= 15 is 0 Å². The molecule has 112 valence electrons. The molecule has 2 rings (SSSR count). The van der Waals surface area contributed by atoms with Crippen molar-refractivity contribution >= 4 is 17.5 Å². The van der Waals surface area contributed by atoms with Gasteiger partial charge in [-0.1, -0.05) is 18.0 Å². The summed E-state index contributed by atoms with van der Waals surface area (Å²) in [5.41, 5.74) is 0.601. The average Bonchev–Trinajstić information content (AvgIpc) is 3.01. The molecule has 1 aliphatic rings. The van der Waals surface area contributed by atoms with Crippen LogP contribution in [0.1, 0.15) is 49.6 Å². The minimum atomic E-state index is -0.0887. The van der Waals surface area contributed by atoms with Gasteiger partial charge < -0.3 is 15.0 Å². The van der Waals surface area contributed by atoms with Gasteiger partial charge in [-0.25, -0.2) is 0 Å². The Morgan fingerprint density at radius 1 is 1.50 bits per heavy atom. The van der Waals surface area contributed by atoms with E-state index in [0.717, 1.165) is 19.3 Å². The maximum atomic E-state index is 12.3. The summed E-state index contributed by atoms with van der Waals surface area (Å²) in [6.07, 6.45) is 5.07. The molecular weight excluding hydrogens is 276 g/mol. The lowest BCUT2D eigenvalue weighted by atomic mass is 9.97. The summed E-state index contributed by atoms with van der Waals surface area (Å²) in [7, 11) is 0. The number of carbonyl (C=O) groups excluding carboxylic acids is 1. The monoisotopic (exact) mass is 298 g/mol. The maximum Gasteiger partial charge on any atom is 0.267 e. The third-order valence-electron chi connectivity index (χ3n) is 4.18. The van der Waals surface area contributed by atoms with E-state index in [4.69, 9.17) is 11.6 Å². The van der Waals surface area contributed by atoms with E-state index < -0.39 is 0 Å². The Kier molecular flexibility index (Phi) is 5.11. The van der Waals surface area contributed by atoms with Crippen LogP contribution < -0.4 is 5.32 Å². The molecule has 2 unspecified atom stereocenters. The fourth-order valence-electron chi connectivity index (χ4n) is 2.99. The van der Waals surface area contributed by atoms with Crippen LogP contribution >= 0.6 is 11.6 Å². The fourth-order valence-corrected chi connectivity index (χ4v) is 3.20. The van der Waals surface area contributed by atoms with Crippen molar-refractivity contribution in [1.29, 1.82) is 0 Å². The molecular formula is C15H23ClN2O2. The van der Waals surface area contributed by atoms with Gasteiger partial charge in [-0.15, -0.1) is 0 Å². The number of rotatable bonds is 5. The molecule has 1 aromatic heterocycles. The number of nitrogens with zero attached hydrogens (tertiary/aromatic N) is 1. The van der Waals surface area contributed by atoms with Crippen LogP contribution in [-0.4, -0.2) is 28.7 Å². The van der Waals surface area contributed by atoms with Gasteiger partial charge in [-0.3, -0.25) is 4.79 Å². The summed E-state index contributed by atoms with van der Waals surface area (Å²) in [6.45, 7) is 4.89. The van der Waals surface area contributed by atoms with E-state index in [1.165, 1.54) is 0 Å². The largest absolute Gasteiger partial charge is 0.396 e. The van der Waals surface area contributed by atoms with Crippen LogP contribution in [0.15, 0.2) is 12.3 Å².